The predicted molar refractivity (Wildman–Crippen MR) is 54.4 cm³/mol. The van der Waals surface area contributed by atoms with Crippen molar-refractivity contribution in [2.45, 2.75) is 45.7 Å². The Labute approximate surface area is 80.0 Å². The molecule has 0 saturated carbocycles. The first kappa shape index (κ1) is 10.3. The van der Waals surface area contributed by atoms with Gasteiger partial charge in [-0.1, -0.05) is 13.3 Å². The number of hydrogen-bond acceptors (Lipinski definition) is 2. The third-order valence-electron chi connectivity index (χ3n) is 2.16. The second kappa shape index (κ2) is 4.42. The molecule has 3 nitrogen and oxygen atoms in total. The first-order valence-electron chi connectivity index (χ1n) is 4.87. The lowest BCUT2D eigenvalue weighted by Gasteiger charge is -2.25. The van der Waals surface area contributed by atoms with Crippen molar-refractivity contribution in [1.82, 2.24) is 15.3 Å². The molecule has 0 amide bonds. The molecule has 0 aliphatic carbocycles. The normalized spacial score (nSPS) is 11.9. The Morgan fingerprint density at radius 2 is 2.31 bits per heavy atom. The van der Waals surface area contributed by atoms with Gasteiger partial charge in [0.05, 0.1) is 6.54 Å². The van der Waals surface area contributed by atoms with Crippen LogP contribution in [0.4, 0.5) is 0 Å². The topological polar surface area (TPSA) is 40.7 Å². The highest BCUT2D eigenvalue weighted by atomic mass is 15.0. The fourth-order valence-electron chi connectivity index (χ4n) is 1.43. The number of nitrogens with zero attached hydrogens (tertiary/aromatic N) is 1. The number of rotatable bonds is 5. The molecule has 1 rings (SSSR count). The maximum absolute atomic E-state index is 4.16. The Morgan fingerprint density at radius 3 is 2.85 bits per heavy atom. The Balaban J connectivity index is 2.33. The first-order chi connectivity index (χ1) is 6.14. The van der Waals surface area contributed by atoms with Gasteiger partial charge in [0.15, 0.2) is 0 Å². The lowest BCUT2D eigenvalue weighted by atomic mass is 9.99. The third kappa shape index (κ3) is 3.59. The van der Waals surface area contributed by atoms with Crippen LogP contribution in [-0.2, 0) is 6.54 Å². The quantitative estimate of drug-likeness (QED) is 0.730. The van der Waals surface area contributed by atoms with Crippen LogP contribution in [-0.4, -0.2) is 15.5 Å². The second-order valence-corrected chi connectivity index (χ2v) is 4.02. The lowest BCUT2D eigenvalue weighted by Crippen LogP contribution is -2.38. The molecule has 1 heterocycles. The van der Waals surface area contributed by atoms with E-state index in [0.29, 0.717) is 0 Å². The molecular weight excluding hydrogens is 162 g/mol. The Morgan fingerprint density at radius 1 is 1.54 bits per heavy atom. The van der Waals surface area contributed by atoms with E-state index in [0.717, 1.165) is 12.4 Å². The fraction of sp³-hybridized carbons (Fsp3) is 0.700. The van der Waals surface area contributed by atoms with E-state index in [9.17, 15) is 0 Å². The number of imidazole rings is 1. The van der Waals surface area contributed by atoms with Crippen molar-refractivity contribution in [2.24, 2.45) is 0 Å². The van der Waals surface area contributed by atoms with Crippen LogP contribution in [0.25, 0.3) is 0 Å². The van der Waals surface area contributed by atoms with Gasteiger partial charge in [-0.3, -0.25) is 0 Å². The number of hydrogen-bond donors (Lipinski definition) is 2. The van der Waals surface area contributed by atoms with Crippen LogP contribution in [0.3, 0.4) is 0 Å². The summed E-state index contributed by atoms with van der Waals surface area (Å²) >= 11 is 0. The second-order valence-electron chi connectivity index (χ2n) is 4.02. The van der Waals surface area contributed by atoms with Gasteiger partial charge in [-0.05, 0) is 20.3 Å². The van der Waals surface area contributed by atoms with Gasteiger partial charge < -0.3 is 10.3 Å². The van der Waals surface area contributed by atoms with Crippen molar-refractivity contribution in [3.05, 3.63) is 18.2 Å². The van der Waals surface area contributed by atoms with Crippen LogP contribution in [0.1, 0.15) is 39.4 Å². The van der Waals surface area contributed by atoms with Crippen LogP contribution in [0.2, 0.25) is 0 Å². The standard InChI is InChI=1S/C10H19N3/c1-4-5-10(2,3)13-8-9-11-6-7-12-9/h6-7,13H,4-5,8H2,1-3H3,(H,11,12). The van der Waals surface area contributed by atoms with Crippen molar-refractivity contribution in [3.63, 3.8) is 0 Å². The molecule has 3 heteroatoms. The highest BCUT2D eigenvalue weighted by Crippen LogP contribution is 2.10. The van der Waals surface area contributed by atoms with Crippen molar-refractivity contribution >= 4 is 0 Å². The molecular formula is C10H19N3. The summed E-state index contributed by atoms with van der Waals surface area (Å²) in [6.45, 7) is 7.47. The number of nitrogens with one attached hydrogen (secondary N) is 2. The van der Waals surface area contributed by atoms with Gasteiger partial charge in [0.25, 0.3) is 0 Å². The van der Waals surface area contributed by atoms with Gasteiger partial charge in [0.2, 0.25) is 0 Å². The maximum Gasteiger partial charge on any atom is 0.120 e. The summed E-state index contributed by atoms with van der Waals surface area (Å²) in [6.07, 6.45) is 6.03. The van der Waals surface area contributed by atoms with Gasteiger partial charge in [0, 0.05) is 17.9 Å². The largest absolute Gasteiger partial charge is 0.348 e. The first-order valence-corrected chi connectivity index (χ1v) is 4.87. The van der Waals surface area contributed by atoms with Gasteiger partial charge in [-0.25, -0.2) is 4.98 Å². The lowest BCUT2D eigenvalue weighted by molar-refractivity contribution is 0.353. The zero-order chi connectivity index (χ0) is 9.73. The molecule has 0 aliphatic heterocycles. The van der Waals surface area contributed by atoms with Crippen LogP contribution in [0, 0.1) is 0 Å². The molecule has 0 atom stereocenters. The number of aromatic amines is 1. The number of aromatic nitrogens is 2. The average Bonchev–Trinajstić information content (AvgIpc) is 2.52. The van der Waals surface area contributed by atoms with Crippen molar-refractivity contribution < 1.29 is 0 Å². The van der Waals surface area contributed by atoms with Gasteiger partial charge in [-0.2, -0.15) is 0 Å². The van der Waals surface area contributed by atoms with Crippen LogP contribution >= 0.6 is 0 Å². The van der Waals surface area contributed by atoms with Crippen LogP contribution < -0.4 is 5.32 Å². The molecule has 0 saturated heterocycles. The van der Waals surface area contributed by atoms with E-state index in [1.807, 2.05) is 6.20 Å². The molecule has 0 spiro atoms. The van der Waals surface area contributed by atoms with E-state index < -0.39 is 0 Å². The van der Waals surface area contributed by atoms with Crippen LogP contribution in [0.15, 0.2) is 12.4 Å². The molecule has 1 aromatic heterocycles. The summed E-state index contributed by atoms with van der Waals surface area (Å²) in [5, 5.41) is 3.47. The van der Waals surface area contributed by atoms with Crippen molar-refractivity contribution in [1.29, 1.82) is 0 Å². The SMILES string of the molecule is CCCC(C)(C)NCc1ncc[nH]1. The smallest absolute Gasteiger partial charge is 0.120 e. The van der Waals surface area contributed by atoms with Gasteiger partial charge in [-0.15, -0.1) is 0 Å². The molecule has 2 N–H and O–H groups in total. The minimum Gasteiger partial charge on any atom is -0.348 e. The van der Waals surface area contributed by atoms with Gasteiger partial charge >= 0.3 is 0 Å². The molecule has 0 aromatic carbocycles. The third-order valence-corrected chi connectivity index (χ3v) is 2.16. The predicted octanol–water partition coefficient (Wildman–Crippen LogP) is 2.08. The Kier molecular flexibility index (Phi) is 3.48. The van der Waals surface area contributed by atoms with E-state index in [4.69, 9.17) is 0 Å². The zero-order valence-electron chi connectivity index (χ0n) is 8.72. The number of H-pyrrole nitrogens is 1. The summed E-state index contributed by atoms with van der Waals surface area (Å²) in [5.74, 6) is 1.00. The van der Waals surface area contributed by atoms with E-state index in [1.54, 1.807) is 6.20 Å². The fourth-order valence-corrected chi connectivity index (χ4v) is 1.43. The molecule has 0 unspecified atom stereocenters. The summed E-state index contributed by atoms with van der Waals surface area (Å²) in [7, 11) is 0. The molecule has 0 aliphatic rings. The maximum atomic E-state index is 4.16. The van der Waals surface area contributed by atoms with E-state index in [1.165, 1.54) is 12.8 Å². The van der Waals surface area contributed by atoms with Crippen molar-refractivity contribution in [3.8, 4) is 0 Å². The highest BCUT2D eigenvalue weighted by Gasteiger charge is 2.15. The molecule has 13 heavy (non-hydrogen) atoms. The summed E-state index contributed by atoms with van der Waals surface area (Å²) in [5.41, 5.74) is 0.210. The minimum atomic E-state index is 0.210. The van der Waals surface area contributed by atoms with Crippen LogP contribution in [0.5, 0.6) is 0 Å². The van der Waals surface area contributed by atoms with Crippen molar-refractivity contribution in [2.75, 3.05) is 0 Å². The minimum absolute atomic E-state index is 0.210. The molecule has 1 aromatic rings. The molecule has 0 fully saturated rings. The summed E-state index contributed by atoms with van der Waals surface area (Å²) < 4.78 is 0. The van der Waals surface area contributed by atoms with Gasteiger partial charge in [0.1, 0.15) is 5.82 Å². The highest BCUT2D eigenvalue weighted by molar-refractivity contribution is 4.88. The summed E-state index contributed by atoms with van der Waals surface area (Å²) in [6, 6.07) is 0. The zero-order valence-corrected chi connectivity index (χ0v) is 8.72. The average molecular weight is 181 g/mol. The Hall–Kier alpha value is -0.830. The van der Waals surface area contributed by atoms with E-state index in [-0.39, 0.29) is 5.54 Å². The molecule has 0 radical (unpaired) electrons. The van der Waals surface area contributed by atoms with E-state index in [2.05, 4.69) is 36.1 Å². The molecule has 0 bridgehead atoms. The Bertz CT molecular complexity index is 226. The monoisotopic (exact) mass is 181 g/mol. The van der Waals surface area contributed by atoms with E-state index >= 15 is 0 Å². The summed E-state index contributed by atoms with van der Waals surface area (Å²) in [4.78, 5) is 7.24. The molecule has 74 valence electrons.